The van der Waals surface area contributed by atoms with Gasteiger partial charge in [0.2, 0.25) is 5.69 Å². The number of fused-ring (bicyclic) bond motifs is 6. The largest absolute Gasteiger partial charge is 0.320 e. The molecule has 0 spiro atoms. The van der Waals surface area contributed by atoms with Crippen LogP contribution in [0.15, 0.2) is 158 Å². The fourth-order valence-corrected chi connectivity index (χ4v) is 7.34. The first-order chi connectivity index (χ1) is 23.8. The lowest BCUT2D eigenvalue weighted by Crippen LogP contribution is -1.99. The first-order valence-corrected chi connectivity index (χ1v) is 15.9. The van der Waals surface area contributed by atoms with Crippen LogP contribution < -0.4 is 0 Å². The van der Waals surface area contributed by atoms with E-state index in [-0.39, 0.29) is 0 Å². The second-order valence-corrected chi connectivity index (χ2v) is 11.9. The maximum absolute atomic E-state index is 8.30. The minimum Gasteiger partial charge on any atom is -0.320 e. The van der Waals surface area contributed by atoms with Gasteiger partial charge >= 0.3 is 0 Å². The molecule has 0 aliphatic rings. The third-order valence-corrected chi connectivity index (χ3v) is 9.40. The van der Waals surface area contributed by atoms with Crippen molar-refractivity contribution < 1.29 is 0 Å². The molecule has 0 N–H and O–H groups in total. The average molecular weight is 611 g/mol. The summed E-state index contributed by atoms with van der Waals surface area (Å²) in [6.45, 7) is 16.2. The molecule has 2 heterocycles. The summed E-state index contributed by atoms with van der Waals surface area (Å²) >= 11 is 0. The van der Waals surface area contributed by atoms with Crippen LogP contribution in [0.5, 0.6) is 0 Å². The van der Waals surface area contributed by atoms with Gasteiger partial charge in [-0.05, 0) is 58.7 Å². The molecule has 222 valence electrons. The molecule has 0 aliphatic carbocycles. The van der Waals surface area contributed by atoms with Crippen molar-refractivity contribution in [3.05, 3.63) is 181 Å². The van der Waals surface area contributed by atoms with Crippen LogP contribution in [0.3, 0.4) is 0 Å². The number of rotatable bonds is 4. The van der Waals surface area contributed by atoms with Crippen molar-refractivity contribution in [3.8, 4) is 33.6 Å². The highest BCUT2D eigenvalue weighted by Crippen LogP contribution is 2.47. The third-order valence-electron chi connectivity index (χ3n) is 9.40. The summed E-state index contributed by atoms with van der Waals surface area (Å²) in [4.78, 5) is 7.79. The number of nitrogens with zero attached hydrogens (tertiary/aromatic N) is 4. The van der Waals surface area contributed by atoms with Gasteiger partial charge < -0.3 is 9.13 Å². The lowest BCUT2D eigenvalue weighted by atomic mass is 9.92. The molecule has 0 radical (unpaired) electrons. The number of hydrogen-bond donors (Lipinski definition) is 0. The van der Waals surface area contributed by atoms with Crippen LogP contribution in [0.2, 0.25) is 0 Å². The number of para-hydroxylation sites is 4. The molecule has 0 amide bonds. The fourth-order valence-electron chi connectivity index (χ4n) is 7.34. The number of aromatic nitrogens is 2. The first-order valence-electron chi connectivity index (χ1n) is 15.9. The van der Waals surface area contributed by atoms with Crippen LogP contribution >= 0.6 is 0 Å². The Balaban J connectivity index is 1.27. The van der Waals surface area contributed by atoms with E-state index in [0.29, 0.717) is 11.4 Å². The topological polar surface area (TPSA) is 18.6 Å². The molecule has 0 unspecified atom stereocenters. The lowest BCUT2D eigenvalue weighted by molar-refractivity contribution is 1.18. The Morgan fingerprint density at radius 1 is 0.375 bits per heavy atom. The molecule has 0 atom stereocenters. The summed E-state index contributed by atoms with van der Waals surface area (Å²) in [5.74, 6) is 0. The van der Waals surface area contributed by atoms with Crippen molar-refractivity contribution in [2.75, 3.05) is 0 Å². The zero-order chi connectivity index (χ0) is 32.2. The summed E-state index contributed by atoms with van der Waals surface area (Å²) in [5.41, 5.74) is 10.9. The molecule has 7 aromatic carbocycles. The van der Waals surface area contributed by atoms with E-state index in [2.05, 4.69) is 134 Å². The predicted octanol–water partition coefficient (Wildman–Crippen LogP) is 12.3. The zero-order valence-corrected chi connectivity index (χ0v) is 25.8. The van der Waals surface area contributed by atoms with Crippen LogP contribution in [0.25, 0.3) is 86.9 Å². The second-order valence-electron chi connectivity index (χ2n) is 11.9. The number of hydrogen-bond acceptors (Lipinski definition) is 0. The van der Waals surface area contributed by atoms with Crippen LogP contribution in [-0.2, 0) is 0 Å². The Labute approximate surface area is 277 Å². The van der Waals surface area contributed by atoms with Crippen LogP contribution in [0, 0.1) is 13.1 Å². The van der Waals surface area contributed by atoms with E-state index in [1.165, 1.54) is 21.8 Å². The summed E-state index contributed by atoms with van der Waals surface area (Å²) < 4.78 is 4.50. The van der Waals surface area contributed by atoms with Crippen molar-refractivity contribution in [2.45, 2.75) is 0 Å². The molecule has 4 nitrogen and oxygen atoms in total. The molecule has 0 aliphatic heterocycles. The van der Waals surface area contributed by atoms with E-state index in [9.17, 15) is 0 Å². The quantitative estimate of drug-likeness (QED) is 0.177. The van der Waals surface area contributed by atoms with Crippen molar-refractivity contribution >= 4 is 55.0 Å². The Morgan fingerprint density at radius 2 is 0.833 bits per heavy atom. The average Bonchev–Trinajstić information content (AvgIpc) is 3.67. The highest BCUT2D eigenvalue weighted by atomic mass is 15.0. The van der Waals surface area contributed by atoms with Crippen molar-refractivity contribution in [1.29, 1.82) is 0 Å². The molecular formula is C44H26N4. The van der Waals surface area contributed by atoms with Crippen LogP contribution in [0.1, 0.15) is 0 Å². The summed E-state index contributed by atoms with van der Waals surface area (Å²) in [6.07, 6.45) is 0. The Hall–Kier alpha value is -6.88. The van der Waals surface area contributed by atoms with Gasteiger partial charge in [-0.2, -0.15) is 0 Å². The molecule has 0 saturated heterocycles. The smallest absolute Gasteiger partial charge is 0.218 e. The monoisotopic (exact) mass is 610 g/mol. The Bertz CT molecular complexity index is 2690. The van der Waals surface area contributed by atoms with E-state index in [0.717, 1.165) is 55.4 Å². The van der Waals surface area contributed by atoms with Crippen LogP contribution in [-0.4, -0.2) is 9.13 Å². The minimum atomic E-state index is 0.346. The van der Waals surface area contributed by atoms with Gasteiger partial charge in [0.15, 0.2) is 5.69 Å². The molecule has 9 aromatic rings. The van der Waals surface area contributed by atoms with Crippen molar-refractivity contribution in [1.82, 2.24) is 9.13 Å². The van der Waals surface area contributed by atoms with E-state index >= 15 is 0 Å². The van der Waals surface area contributed by atoms with Crippen LogP contribution in [0.4, 0.5) is 11.4 Å². The normalized spacial score (nSPS) is 11.3. The van der Waals surface area contributed by atoms with Crippen molar-refractivity contribution in [3.63, 3.8) is 0 Å². The van der Waals surface area contributed by atoms with Gasteiger partial charge in [-0.25, -0.2) is 4.85 Å². The third kappa shape index (κ3) is 4.01. The second kappa shape index (κ2) is 10.9. The summed E-state index contributed by atoms with van der Waals surface area (Å²) in [6, 6.07) is 54.6. The van der Waals surface area contributed by atoms with Gasteiger partial charge in [-0.3, -0.25) is 4.85 Å². The molecule has 48 heavy (non-hydrogen) atoms. The van der Waals surface area contributed by atoms with Gasteiger partial charge in [0.25, 0.3) is 0 Å². The maximum Gasteiger partial charge on any atom is 0.218 e. The molecule has 4 heteroatoms. The van der Waals surface area contributed by atoms with E-state index in [1.807, 2.05) is 36.4 Å². The molecule has 2 aromatic heterocycles. The van der Waals surface area contributed by atoms with Gasteiger partial charge in [0.1, 0.15) is 0 Å². The molecule has 0 fully saturated rings. The first kappa shape index (κ1) is 27.4. The summed E-state index contributed by atoms with van der Waals surface area (Å²) in [7, 11) is 0. The van der Waals surface area contributed by atoms with Gasteiger partial charge in [0.05, 0.1) is 35.2 Å². The minimum absolute atomic E-state index is 0.346. The molecule has 0 saturated carbocycles. The zero-order valence-electron chi connectivity index (χ0n) is 25.8. The van der Waals surface area contributed by atoms with E-state index in [4.69, 9.17) is 13.1 Å². The SMILES string of the molecule is [C-]#[N+]c1ccc(-c2ccccc2-c2ccc(-n3c4ccccc4c4ccccc43)cc2)c(-n2c3ccccc3c3ccccc32)c1[N+]#[C-]. The molecule has 9 rings (SSSR count). The van der Waals surface area contributed by atoms with Gasteiger partial charge in [-0.15, -0.1) is 0 Å². The van der Waals surface area contributed by atoms with Gasteiger partial charge in [0, 0.05) is 32.9 Å². The number of benzene rings is 7. The van der Waals surface area contributed by atoms with Crippen molar-refractivity contribution in [2.24, 2.45) is 0 Å². The Kier molecular flexibility index (Phi) is 6.22. The highest BCUT2D eigenvalue weighted by molar-refractivity contribution is 6.12. The predicted molar refractivity (Wildman–Crippen MR) is 199 cm³/mol. The van der Waals surface area contributed by atoms with E-state index in [1.54, 1.807) is 6.07 Å². The van der Waals surface area contributed by atoms with E-state index < -0.39 is 0 Å². The van der Waals surface area contributed by atoms with Gasteiger partial charge in [-0.1, -0.05) is 121 Å². The lowest BCUT2D eigenvalue weighted by Gasteiger charge is -2.19. The molecule has 0 bridgehead atoms. The summed E-state index contributed by atoms with van der Waals surface area (Å²) in [5, 5.41) is 4.69. The standard InChI is InChI=1S/C44H26N4/c1-45-38-28-27-37(44(43(38)46-2)48-41-21-11-7-17-35(41)36-18-8-12-22-42(36)48)32-14-4-3-13-31(32)29-23-25-30(26-24-29)47-39-19-9-5-15-33(39)34-16-6-10-20-40(34)47/h3-28H. The maximum atomic E-state index is 8.30. The highest BCUT2D eigenvalue weighted by Gasteiger charge is 2.23. The Morgan fingerprint density at radius 3 is 1.33 bits per heavy atom. The molecular weight excluding hydrogens is 585 g/mol. The fraction of sp³-hybridized carbons (Fsp3) is 0.